The van der Waals surface area contributed by atoms with Gasteiger partial charge in [-0.25, -0.2) is 0 Å². The lowest BCUT2D eigenvalue weighted by Crippen LogP contribution is -2.38. The Balaban J connectivity index is 1.75. The van der Waals surface area contributed by atoms with Crippen LogP contribution < -0.4 is 4.90 Å². The number of hydrogen-bond donors (Lipinski definition) is 0. The smallest absolute Gasteiger partial charge is 0.291 e. The Morgan fingerprint density at radius 3 is 2.38 bits per heavy atom. The maximum absolute atomic E-state index is 12.3. The maximum atomic E-state index is 12.3. The van der Waals surface area contributed by atoms with Gasteiger partial charge in [-0.1, -0.05) is 37.3 Å². The summed E-state index contributed by atoms with van der Waals surface area (Å²) in [4.78, 5) is 28.1. The molecule has 0 aliphatic carbocycles. The molecule has 0 atom stereocenters. The number of Topliss-reactive ketones (excluding diaryl/α,β-unsaturated/α-hetero) is 1. The van der Waals surface area contributed by atoms with Crippen LogP contribution in [0.5, 0.6) is 0 Å². The summed E-state index contributed by atoms with van der Waals surface area (Å²) in [7, 11) is 1.95. The quantitative estimate of drug-likeness (QED) is 0.736. The van der Waals surface area contributed by atoms with E-state index in [1.165, 1.54) is 11.1 Å². The molecule has 0 radical (unpaired) electrons. The van der Waals surface area contributed by atoms with Gasteiger partial charge in [-0.05, 0) is 52.7 Å². The van der Waals surface area contributed by atoms with Crippen molar-refractivity contribution < 1.29 is 9.59 Å². The summed E-state index contributed by atoms with van der Waals surface area (Å²) in [6.45, 7) is 3.22. The number of ketones is 1. The van der Waals surface area contributed by atoms with Crippen LogP contribution in [-0.2, 0) is 17.8 Å². The second-order valence-electron chi connectivity index (χ2n) is 6.02. The van der Waals surface area contributed by atoms with E-state index in [1.807, 2.05) is 24.1 Å². The zero-order chi connectivity index (χ0) is 17.3. The van der Waals surface area contributed by atoms with Crippen LogP contribution in [0.25, 0.3) is 0 Å². The first-order valence-electron chi connectivity index (χ1n) is 7.92. The lowest BCUT2D eigenvalue weighted by Gasteiger charge is -2.24. The molecule has 0 aromatic heterocycles. The van der Waals surface area contributed by atoms with Crippen molar-refractivity contribution >= 4 is 33.3 Å². The summed E-state index contributed by atoms with van der Waals surface area (Å²) in [5.74, 6) is -0.914. The molecule has 0 saturated carbocycles. The number of halogens is 1. The Labute approximate surface area is 150 Å². The number of aryl methyl sites for hydroxylation is 1. The first-order valence-corrected chi connectivity index (χ1v) is 8.71. The number of rotatable bonds is 5. The predicted octanol–water partition coefficient (Wildman–Crippen LogP) is 3.63. The number of carbonyl (C=O) groups excluding carboxylic acids is 2. The van der Waals surface area contributed by atoms with Crippen LogP contribution in [0, 0.1) is 0 Å². The molecule has 1 aliphatic heterocycles. The van der Waals surface area contributed by atoms with E-state index in [-0.39, 0.29) is 0 Å². The summed E-state index contributed by atoms with van der Waals surface area (Å²) in [6.07, 6.45) is 1.02. The summed E-state index contributed by atoms with van der Waals surface area (Å²) < 4.78 is 0.665. The van der Waals surface area contributed by atoms with Crippen molar-refractivity contribution in [1.82, 2.24) is 4.90 Å². The molecule has 0 unspecified atom stereocenters. The molecule has 24 heavy (non-hydrogen) atoms. The molecule has 1 aliphatic rings. The van der Waals surface area contributed by atoms with Gasteiger partial charge in [0.2, 0.25) is 0 Å². The van der Waals surface area contributed by atoms with Crippen molar-refractivity contribution in [1.29, 1.82) is 0 Å². The largest absolute Gasteiger partial charge is 0.300 e. The number of anilines is 1. The van der Waals surface area contributed by atoms with Crippen LogP contribution >= 0.6 is 15.9 Å². The highest BCUT2D eigenvalue weighted by Gasteiger charge is 2.37. The van der Waals surface area contributed by atoms with Crippen molar-refractivity contribution in [3.05, 3.63) is 63.6 Å². The summed E-state index contributed by atoms with van der Waals surface area (Å²) >= 11 is 3.36. The Kier molecular flexibility index (Phi) is 4.83. The average Bonchev–Trinajstić information content (AvgIpc) is 2.81. The molecule has 0 saturated heterocycles. The lowest BCUT2D eigenvalue weighted by atomic mass is 10.1. The fourth-order valence-electron chi connectivity index (χ4n) is 2.93. The molecule has 3 rings (SSSR count). The number of hydrogen-bond acceptors (Lipinski definition) is 3. The van der Waals surface area contributed by atoms with E-state index in [2.05, 4.69) is 47.1 Å². The van der Waals surface area contributed by atoms with E-state index in [9.17, 15) is 9.59 Å². The molecule has 1 amide bonds. The van der Waals surface area contributed by atoms with E-state index >= 15 is 0 Å². The van der Waals surface area contributed by atoms with Gasteiger partial charge in [0.1, 0.15) is 0 Å². The van der Waals surface area contributed by atoms with Gasteiger partial charge >= 0.3 is 5.91 Å². The van der Waals surface area contributed by atoms with Gasteiger partial charge in [-0.2, -0.15) is 0 Å². The summed E-state index contributed by atoms with van der Waals surface area (Å²) in [6, 6.07) is 13.9. The van der Waals surface area contributed by atoms with Crippen LogP contribution in [0.1, 0.15) is 28.4 Å². The third kappa shape index (κ3) is 3.14. The van der Waals surface area contributed by atoms with Gasteiger partial charge in [0.25, 0.3) is 5.78 Å². The monoisotopic (exact) mass is 386 g/mol. The molecule has 124 valence electrons. The fourth-order valence-corrected chi connectivity index (χ4v) is 3.46. The molecular formula is C19H19BrN2O2. The first kappa shape index (κ1) is 16.9. The van der Waals surface area contributed by atoms with Gasteiger partial charge in [0.15, 0.2) is 0 Å². The maximum Gasteiger partial charge on any atom is 0.300 e. The SMILES string of the molecule is CCc1ccc(CN(C)CN2C(=O)C(=O)c3c(Br)cccc32)cc1. The number of nitrogens with zero attached hydrogens (tertiary/aromatic N) is 2. The minimum Gasteiger partial charge on any atom is -0.291 e. The Morgan fingerprint density at radius 2 is 1.71 bits per heavy atom. The van der Waals surface area contributed by atoms with E-state index in [1.54, 1.807) is 11.0 Å². The first-order chi connectivity index (χ1) is 11.5. The van der Waals surface area contributed by atoms with E-state index in [0.717, 1.165) is 6.42 Å². The molecule has 0 spiro atoms. The molecule has 2 aromatic rings. The predicted molar refractivity (Wildman–Crippen MR) is 98.1 cm³/mol. The highest BCUT2D eigenvalue weighted by molar-refractivity contribution is 9.10. The van der Waals surface area contributed by atoms with Crippen LogP contribution in [0.2, 0.25) is 0 Å². The number of fused-ring (bicyclic) bond motifs is 1. The third-order valence-corrected chi connectivity index (χ3v) is 4.88. The highest BCUT2D eigenvalue weighted by atomic mass is 79.9. The molecule has 5 heteroatoms. The minimum atomic E-state index is -0.468. The number of benzene rings is 2. The van der Waals surface area contributed by atoms with Gasteiger partial charge in [-0.15, -0.1) is 0 Å². The standard InChI is InChI=1S/C19H19BrN2O2/c1-3-13-7-9-14(10-8-13)11-21(2)12-22-16-6-4-5-15(20)17(16)18(23)19(22)24/h4-10H,3,11-12H2,1-2H3. The van der Waals surface area contributed by atoms with Crippen molar-refractivity contribution in [2.75, 3.05) is 18.6 Å². The van der Waals surface area contributed by atoms with Crippen molar-refractivity contribution in [2.24, 2.45) is 0 Å². The van der Waals surface area contributed by atoms with Crippen LogP contribution in [0.15, 0.2) is 46.9 Å². The lowest BCUT2D eigenvalue weighted by molar-refractivity contribution is -0.114. The average molecular weight is 387 g/mol. The van der Waals surface area contributed by atoms with Gasteiger partial charge in [0, 0.05) is 11.0 Å². The molecule has 2 aromatic carbocycles. The Morgan fingerprint density at radius 1 is 1.04 bits per heavy atom. The van der Waals surface area contributed by atoms with Crippen LogP contribution in [0.4, 0.5) is 5.69 Å². The second-order valence-corrected chi connectivity index (χ2v) is 6.88. The summed E-state index contributed by atoms with van der Waals surface area (Å²) in [5, 5.41) is 0. The van der Waals surface area contributed by atoms with E-state index in [4.69, 9.17) is 0 Å². The van der Waals surface area contributed by atoms with Crippen molar-refractivity contribution in [3.8, 4) is 0 Å². The van der Waals surface area contributed by atoms with E-state index < -0.39 is 11.7 Å². The van der Waals surface area contributed by atoms with Gasteiger partial charge < -0.3 is 0 Å². The molecule has 0 fully saturated rings. The van der Waals surface area contributed by atoms with Gasteiger partial charge in [-0.3, -0.25) is 19.4 Å². The molecule has 4 nitrogen and oxygen atoms in total. The third-order valence-electron chi connectivity index (χ3n) is 4.22. The molecular weight excluding hydrogens is 368 g/mol. The topological polar surface area (TPSA) is 40.6 Å². The fraction of sp³-hybridized carbons (Fsp3) is 0.263. The Bertz CT molecular complexity index is 786. The normalized spacial score (nSPS) is 13.8. The zero-order valence-electron chi connectivity index (χ0n) is 13.8. The second kappa shape index (κ2) is 6.87. The Hall–Kier alpha value is -1.98. The van der Waals surface area contributed by atoms with Crippen LogP contribution in [0.3, 0.4) is 0 Å². The van der Waals surface area contributed by atoms with E-state index in [0.29, 0.717) is 28.9 Å². The highest BCUT2D eigenvalue weighted by Crippen LogP contribution is 2.34. The molecule has 1 heterocycles. The van der Waals surface area contributed by atoms with Crippen LogP contribution in [-0.4, -0.2) is 30.3 Å². The van der Waals surface area contributed by atoms with Crippen molar-refractivity contribution in [3.63, 3.8) is 0 Å². The van der Waals surface area contributed by atoms with Crippen molar-refractivity contribution in [2.45, 2.75) is 19.9 Å². The minimum absolute atomic E-state index is 0.379. The summed E-state index contributed by atoms with van der Waals surface area (Å²) in [5.41, 5.74) is 3.62. The molecule has 0 bridgehead atoms. The van der Waals surface area contributed by atoms with Gasteiger partial charge in [0.05, 0.1) is 17.9 Å². The zero-order valence-corrected chi connectivity index (χ0v) is 15.3. The molecule has 0 N–H and O–H groups in total. The number of carbonyl (C=O) groups is 2. The number of amides is 1.